The van der Waals surface area contributed by atoms with E-state index in [2.05, 4.69) is 40.8 Å². The maximum Gasteiger partial charge on any atom is 0.166 e. The number of carbonyl (C=O) groups excluding carboxylic acids is 1. The van der Waals surface area contributed by atoms with Crippen LogP contribution in [0.25, 0.3) is 0 Å². The van der Waals surface area contributed by atoms with Crippen LogP contribution in [0, 0.1) is 3.57 Å². The number of ether oxygens (including phenoxy) is 1. The Labute approximate surface area is 121 Å². The highest BCUT2D eigenvalue weighted by molar-refractivity contribution is 14.1. The summed E-state index contributed by atoms with van der Waals surface area (Å²) < 4.78 is 7.24. The molecule has 1 unspecified atom stereocenters. The van der Waals surface area contributed by atoms with Gasteiger partial charge in [-0.2, -0.15) is 0 Å². The molecule has 1 aromatic carbocycles. The van der Waals surface area contributed by atoms with E-state index in [1.54, 1.807) is 0 Å². The Bertz CT molecular complexity index is 519. The van der Waals surface area contributed by atoms with E-state index in [9.17, 15) is 4.79 Å². The summed E-state index contributed by atoms with van der Waals surface area (Å²) in [5, 5.41) is 0. The molecule has 0 fully saturated rings. The minimum absolute atomic E-state index is 0.0796. The zero-order valence-corrected chi connectivity index (χ0v) is 12.3. The highest BCUT2D eigenvalue weighted by Gasteiger charge is 2.31. The average Bonchev–Trinajstić information content (AvgIpc) is 2.39. The van der Waals surface area contributed by atoms with Crippen LogP contribution in [0.15, 0.2) is 35.6 Å². The van der Waals surface area contributed by atoms with Crippen molar-refractivity contribution in [2.45, 2.75) is 38.2 Å². The fourth-order valence-corrected chi connectivity index (χ4v) is 3.27. The molecular weight excluding hydrogens is 339 g/mol. The first-order valence-electron chi connectivity index (χ1n) is 6.41. The Morgan fingerprint density at radius 1 is 1.22 bits per heavy atom. The van der Waals surface area contributed by atoms with E-state index in [0.717, 1.165) is 42.6 Å². The van der Waals surface area contributed by atoms with Crippen LogP contribution in [0.3, 0.4) is 0 Å². The van der Waals surface area contributed by atoms with Crippen LogP contribution in [0.5, 0.6) is 0 Å². The number of hydrogen-bond acceptors (Lipinski definition) is 2. The van der Waals surface area contributed by atoms with Crippen molar-refractivity contribution in [3.63, 3.8) is 0 Å². The quantitative estimate of drug-likeness (QED) is 0.709. The van der Waals surface area contributed by atoms with Crippen molar-refractivity contribution in [2.75, 3.05) is 0 Å². The molecule has 0 N–H and O–H groups in total. The molecule has 3 rings (SSSR count). The van der Waals surface area contributed by atoms with Gasteiger partial charge in [-0.05, 0) is 59.5 Å². The van der Waals surface area contributed by atoms with Gasteiger partial charge in [0.15, 0.2) is 5.78 Å². The van der Waals surface area contributed by atoms with E-state index in [-0.39, 0.29) is 6.10 Å². The molecule has 2 nitrogen and oxygen atoms in total. The van der Waals surface area contributed by atoms with Crippen LogP contribution in [-0.4, -0.2) is 5.78 Å². The topological polar surface area (TPSA) is 26.3 Å². The number of halogens is 1. The van der Waals surface area contributed by atoms with E-state index >= 15 is 0 Å². The molecule has 18 heavy (non-hydrogen) atoms. The van der Waals surface area contributed by atoms with Gasteiger partial charge in [0.1, 0.15) is 11.9 Å². The van der Waals surface area contributed by atoms with Gasteiger partial charge in [-0.25, -0.2) is 0 Å². The van der Waals surface area contributed by atoms with Gasteiger partial charge >= 0.3 is 0 Å². The summed E-state index contributed by atoms with van der Waals surface area (Å²) >= 11 is 2.29. The third kappa shape index (κ3) is 2.32. The maximum atomic E-state index is 12.2. The molecule has 0 amide bonds. The van der Waals surface area contributed by atoms with Crippen molar-refractivity contribution in [1.29, 1.82) is 0 Å². The van der Waals surface area contributed by atoms with E-state index in [1.807, 2.05) is 6.07 Å². The molecular formula is C15H15IO2. The van der Waals surface area contributed by atoms with Gasteiger partial charge in [-0.15, -0.1) is 0 Å². The molecule has 0 aromatic heterocycles. The van der Waals surface area contributed by atoms with Gasteiger partial charge in [-0.3, -0.25) is 4.79 Å². The Morgan fingerprint density at radius 2 is 2.06 bits per heavy atom. The zero-order valence-electron chi connectivity index (χ0n) is 10.1. The van der Waals surface area contributed by atoms with Gasteiger partial charge in [0, 0.05) is 15.6 Å². The number of ketones is 1. The fourth-order valence-electron chi connectivity index (χ4n) is 2.70. The molecule has 1 aromatic rings. The standard InChI is InChI=1S/C15H15IO2/c16-11-5-3-4-10(8-11)15-9-13(17)12-6-1-2-7-14(12)18-15/h3-5,8,15H,1-2,6-7,9H2. The Balaban J connectivity index is 1.89. The van der Waals surface area contributed by atoms with Crippen molar-refractivity contribution in [3.05, 3.63) is 44.7 Å². The predicted octanol–water partition coefficient (Wildman–Crippen LogP) is 4.15. The molecule has 1 heterocycles. The molecule has 2 aliphatic rings. The summed E-state index contributed by atoms with van der Waals surface area (Å²) in [6.45, 7) is 0. The smallest absolute Gasteiger partial charge is 0.166 e. The monoisotopic (exact) mass is 354 g/mol. The lowest BCUT2D eigenvalue weighted by Gasteiger charge is -2.30. The Morgan fingerprint density at radius 3 is 2.89 bits per heavy atom. The molecule has 1 aliphatic heterocycles. The lowest BCUT2D eigenvalue weighted by Crippen LogP contribution is -2.22. The summed E-state index contributed by atoms with van der Waals surface area (Å²) in [4.78, 5) is 12.2. The van der Waals surface area contributed by atoms with Crippen molar-refractivity contribution in [3.8, 4) is 0 Å². The molecule has 0 radical (unpaired) electrons. The minimum Gasteiger partial charge on any atom is -0.489 e. The second kappa shape index (κ2) is 5.03. The lowest BCUT2D eigenvalue weighted by molar-refractivity contribution is -0.120. The predicted molar refractivity (Wildman–Crippen MR) is 78.1 cm³/mol. The molecule has 1 aliphatic carbocycles. The number of Topliss-reactive ketones (excluding diaryl/α,β-unsaturated/α-hetero) is 1. The molecule has 1 atom stereocenters. The van der Waals surface area contributed by atoms with E-state index in [1.165, 1.54) is 3.57 Å². The molecule has 94 valence electrons. The SMILES string of the molecule is O=C1CC(c2cccc(I)c2)OC2=C1CCCC2. The second-order valence-electron chi connectivity index (χ2n) is 4.90. The number of hydrogen-bond donors (Lipinski definition) is 0. The van der Waals surface area contributed by atoms with Crippen LogP contribution >= 0.6 is 22.6 Å². The van der Waals surface area contributed by atoms with E-state index < -0.39 is 0 Å². The normalized spacial score (nSPS) is 23.6. The van der Waals surface area contributed by atoms with Crippen LogP contribution in [0.2, 0.25) is 0 Å². The first-order chi connectivity index (χ1) is 8.74. The average molecular weight is 354 g/mol. The van der Waals surface area contributed by atoms with Crippen molar-refractivity contribution >= 4 is 28.4 Å². The molecule has 0 spiro atoms. The second-order valence-corrected chi connectivity index (χ2v) is 6.14. The van der Waals surface area contributed by atoms with Gasteiger partial charge in [0.05, 0.1) is 6.42 Å². The lowest BCUT2D eigenvalue weighted by atomic mass is 9.88. The highest BCUT2D eigenvalue weighted by atomic mass is 127. The number of benzene rings is 1. The largest absolute Gasteiger partial charge is 0.489 e. The molecule has 3 heteroatoms. The van der Waals surface area contributed by atoms with Crippen molar-refractivity contribution in [1.82, 2.24) is 0 Å². The van der Waals surface area contributed by atoms with Crippen molar-refractivity contribution in [2.24, 2.45) is 0 Å². The van der Waals surface area contributed by atoms with Crippen molar-refractivity contribution < 1.29 is 9.53 Å². The van der Waals surface area contributed by atoms with E-state index in [0.29, 0.717) is 12.2 Å². The summed E-state index contributed by atoms with van der Waals surface area (Å²) in [5.74, 6) is 1.25. The Kier molecular flexibility index (Phi) is 3.41. The first kappa shape index (κ1) is 12.2. The zero-order chi connectivity index (χ0) is 12.5. The number of carbonyl (C=O) groups is 1. The molecule has 0 saturated carbocycles. The van der Waals surface area contributed by atoms with Gasteiger partial charge in [0.2, 0.25) is 0 Å². The fraction of sp³-hybridized carbons (Fsp3) is 0.400. The third-order valence-corrected chi connectivity index (χ3v) is 4.30. The van der Waals surface area contributed by atoms with Crippen LogP contribution in [0.4, 0.5) is 0 Å². The van der Waals surface area contributed by atoms with Crippen LogP contribution in [-0.2, 0) is 9.53 Å². The van der Waals surface area contributed by atoms with Crippen LogP contribution in [0.1, 0.15) is 43.8 Å². The van der Waals surface area contributed by atoms with E-state index in [4.69, 9.17) is 4.74 Å². The van der Waals surface area contributed by atoms with Crippen LogP contribution < -0.4 is 0 Å². The van der Waals surface area contributed by atoms with Gasteiger partial charge in [0.25, 0.3) is 0 Å². The van der Waals surface area contributed by atoms with Gasteiger partial charge < -0.3 is 4.74 Å². The molecule has 0 saturated heterocycles. The third-order valence-electron chi connectivity index (χ3n) is 3.63. The minimum atomic E-state index is -0.0796. The maximum absolute atomic E-state index is 12.2. The number of allylic oxidation sites excluding steroid dienone is 2. The number of rotatable bonds is 1. The summed E-state index contributed by atoms with van der Waals surface area (Å²) in [6.07, 6.45) is 4.53. The Hall–Kier alpha value is -0.840. The molecule has 0 bridgehead atoms. The van der Waals surface area contributed by atoms with Gasteiger partial charge in [-0.1, -0.05) is 12.1 Å². The summed E-state index contributed by atoms with van der Waals surface area (Å²) in [5.41, 5.74) is 2.08. The first-order valence-corrected chi connectivity index (χ1v) is 7.49. The summed E-state index contributed by atoms with van der Waals surface area (Å²) in [6, 6.07) is 8.23. The highest BCUT2D eigenvalue weighted by Crippen LogP contribution is 2.38. The summed E-state index contributed by atoms with van der Waals surface area (Å²) in [7, 11) is 0.